The maximum Gasteiger partial charge on any atom is 0.312 e. The van der Waals surface area contributed by atoms with E-state index in [0.717, 1.165) is 11.3 Å². The minimum absolute atomic E-state index is 0. The average Bonchev–Trinajstić information content (AvgIpc) is 2.84. The molecule has 0 aliphatic heterocycles. The van der Waals surface area contributed by atoms with Crippen LogP contribution in [0.15, 0.2) is 29.1 Å². The topological polar surface area (TPSA) is 69.1 Å². The third-order valence-corrected chi connectivity index (χ3v) is 2.48. The van der Waals surface area contributed by atoms with Gasteiger partial charge in [-0.3, -0.25) is 4.79 Å². The average molecular weight is 342 g/mol. The highest BCUT2D eigenvalue weighted by Gasteiger charge is 2.13. The van der Waals surface area contributed by atoms with Crippen molar-refractivity contribution in [1.82, 2.24) is 10.1 Å². The highest BCUT2D eigenvalue weighted by atomic mass is 79.9. The van der Waals surface area contributed by atoms with Gasteiger partial charge in [0.05, 0.1) is 19.0 Å². The van der Waals surface area contributed by atoms with E-state index in [2.05, 4.69) is 10.1 Å². The molecule has 20 heavy (non-hydrogen) atoms. The number of aryl methyl sites for hydroxylation is 2. The van der Waals surface area contributed by atoms with Crippen LogP contribution in [-0.2, 0) is 16.1 Å². The van der Waals surface area contributed by atoms with Gasteiger partial charge in [-0.2, -0.15) is 0 Å². The van der Waals surface area contributed by atoms with Gasteiger partial charge in [-0.15, -0.1) is 0 Å². The Morgan fingerprint density at radius 3 is 2.95 bits per heavy atom. The van der Waals surface area contributed by atoms with E-state index in [4.69, 9.17) is 9.15 Å². The summed E-state index contributed by atoms with van der Waals surface area (Å²) in [5.41, 5.74) is 0.826. The number of nitrogens with zero attached hydrogens (tertiary/aromatic N) is 3. The molecular formula is C13H16BrN3O3. The van der Waals surface area contributed by atoms with Crippen LogP contribution in [0.4, 0.5) is 0 Å². The van der Waals surface area contributed by atoms with Crippen LogP contribution >= 0.6 is 0 Å². The molecule has 0 radical (unpaired) electrons. The molecule has 0 saturated carbocycles. The number of rotatable bonds is 5. The van der Waals surface area contributed by atoms with Crippen molar-refractivity contribution < 1.29 is 35.6 Å². The molecule has 0 atom stereocenters. The molecular weight excluding hydrogens is 326 g/mol. The van der Waals surface area contributed by atoms with E-state index in [9.17, 15) is 4.79 Å². The van der Waals surface area contributed by atoms with Gasteiger partial charge in [-0.1, -0.05) is 4.68 Å². The molecule has 2 rings (SSSR count). The number of aromatic nitrogens is 3. The Morgan fingerprint density at radius 2 is 2.30 bits per heavy atom. The van der Waals surface area contributed by atoms with Crippen LogP contribution in [0, 0.1) is 6.92 Å². The largest absolute Gasteiger partial charge is 1.00 e. The normalized spacial score (nSPS) is 9.90. The molecule has 2 heterocycles. The summed E-state index contributed by atoms with van der Waals surface area (Å²) in [5.74, 6) is 1.07. The van der Waals surface area contributed by atoms with Crippen molar-refractivity contribution >= 4 is 5.97 Å². The Morgan fingerprint density at radius 1 is 1.50 bits per heavy atom. The van der Waals surface area contributed by atoms with Gasteiger partial charge < -0.3 is 26.1 Å². The molecule has 6 nitrogen and oxygen atoms in total. The maximum atomic E-state index is 11.3. The Labute approximate surface area is 127 Å². The highest BCUT2D eigenvalue weighted by Crippen LogP contribution is 2.15. The molecule has 2 aromatic rings. The molecule has 0 spiro atoms. The number of carbonyl (C=O) groups is 1. The lowest BCUT2D eigenvalue weighted by molar-refractivity contribution is -0.752. The van der Waals surface area contributed by atoms with E-state index in [1.807, 2.05) is 13.0 Å². The number of esters is 1. The summed E-state index contributed by atoms with van der Waals surface area (Å²) >= 11 is 0. The first kappa shape index (κ1) is 16.3. The fourth-order valence-electron chi connectivity index (χ4n) is 1.61. The molecule has 0 aliphatic rings. The third kappa shape index (κ3) is 4.41. The van der Waals surface area contributed by atoms with Crippen molar-refractivity contribution in [2.24, 2.45) is 0 Å². The van der Waals surface area contributed by atoms with Crippen molar-refractivity contribution in [3.8, 4) is 11.5 Å². The van der Waals surface area contributed by atoms with Gasteiger partial charge in [0.1, 0.15) is 17.7 Å². The quantitative estimate of drug-likeness (QED) is 0.478. The van der Waals surface area contributed by atoms with Crippen LogP contribution in [0.1, 0.15) is 19.1 Å². The summed E-state index contributed by atoms with van der Waals surface area (Å²) in [5, 5.41) is 4.14. The molecule has 0 unspecified atom stereocenters. The Kier molecular flexibility index (Phi) is 6.30. The van der Waals surface area contributed by atoms with Gasteiger partial charge in [-0.25, -0.2) is 4.98 Å². The zero-order chi connectivity index (χ0) is 13.7. The van der Waals surface area contributed by atoms with Gasteiger partial charge >= 0.3 is 5.97 Å². The number of oxazole rings is 1. The van der Waals surface area contributed by atoms with Crippen molar-refractivity contribution in [1.29, 1.82) is 0 Å². The molecule has 0 aromatic carbocycles. The van der Waals surface area contributed by atoms with Crippen molar-refractivity contribution in [3.05, 3.63) is 30.4 Å². The number of hydrogen-bond acceptors (Lipinski definition) is 5. The molecule has 0 saturated heterocycles. The number of ether oxygens (including phenoxy) is 1. The first-order chi connectivity index (χ1) is 9.19. The van der Waals surface area contributed by atoms with E-state index in [0.29, 0.717) is 25.5 Å². The van der Waals surface area contributed by atoms with Crippen molar-refractivity contribution in [2.75, 3.05) is 6.61 Å². The SMILES string of the molecule is CCOC(=O)CC[n+]1cc(-c2ncc(C)o2)ccn1.[Br-]. The van der Waals surface area contributed by atoms with E-state index in [-0.39, 0.29) is 23.0 Å². The fourth-order valence-corrected chi connectivity index (χ4v) is 1.61. The first-order valence-corrected chi connectivity index (χ1v) is 6.13. The summed E-state index contributed by atoms with van der Waals surface area (Å²) in [7, 11) is 0. The summed E-state index contributed by atoms with van der Waals surface area (Å²) in [4.78, 5) is 15.4. The third-order valence-electron chi connectivity index (χ3n) is 2.48. The zero-order valence-electron chi connectivity index (χ0n) is 11.4. The monoisotopic (exact) mass is 341 g/mol. The van der Waals surface area contributed by atoms with Gasteiger partial charge in [0.2, 0.25) is 12.1 Å². The fraction of sp³-hybridized carbons (Fsp3) is 0.385. The van der Waals surface area contributed by atoms with Crippen LogP contribution in [0.5, 0.6) is 0 Å². The van der Waals surface area contributed by atoms with Crippen LogP contribution in [0.2, 0.25) is 0 Å². The molecule has 0 bridgehead atoms. The van der Waals surface area contributed by atoms with Crippen LogP contribution in [0.25, 0.3) is 11.5 Å². The second-order valence-electron chi connectivity index (χ2n) is 4.01. The second-order valence-corrected chi connectivity index (χ2v) is 4.01. The number of hydrogen-bond donors (Lipinski definition) is 0. The maximum absolute atomic E-state index is 11.3. The molecule has 108 valence electrons. The van der Waals surface area contributed by atoms with Gasteiger partial charge in [-0.05, 0) is 25.0 Å². The summed E-state index contributed by atoms with van der Waals surface area (Å²) in [6.45, 7) is 4.49. The van der Waals surface area contributed by atoms with Crippen molar-refractivity contribution in [2.45, 2.75) is 26.8 Å². The molecule has 0 amide bonds. The van der Waals surface area contributed by atoms with Crippen LogP contribution in [-0.4, -0.2) is 22.7 Å². The van der Waals surface area contributed by atoms with Gasteiger partial charge in [0, 0.05) is 0 Å². The van der Waals surface area contributed by atoms with Crippen molar-refractivity contribution in [3.63, 3.8) is 0 Å². The smallest absolute Gasteiger partial charge is 0.312 e. The minimum atomic E-state index is -0.228. The number of carbonyl (C=O) groups excluding carboxylic acids is 1. The predicted molar refractivity (Wildman–Crippen MR) is 65.9 cm³/mol. The molecule has 7 heteroatoms. The minimum Gasteiger partial charge on any atom is -1.00 e. The standard InChI is InChI=1S/C13H16N3O3.BrH/c1-3-18-12(17)5-7-16-9-11(4-6-15-16)13-14-8-10(2)19-13;/h4,6,8-9H,3,5,7H2,1-2H3;1H/q+1;/p-1. The highest BCUT2D eigenvalue weighted by molar-refractivity contribution is 5.68. The Bertz CT molecular complexity index is 571. The van der Waals surface area contributed by atoms with E-state index in [1.54, 1.807) is 30.2 Å². The van der Waals surface area contributed by atoms with E-state index < -0.39 is 0 Å². The van der Waals surface area contributed by atoms with Gasteiger partial charge in [0.15, 0.2) is 6.54 Å². The van der Waals surface area contributed by atoms with E-state index in [1.165, 1.54) is 0 Å². The first-order valence-electron chi connectivity index (χ1n) is 6.13. The lowest BCUT2D eigenvalue weighted by Crippen LogP contribution is -3.00. The molecule has 0 fully saturated rings. The summed E-state index contributed by atoms with van der Waals surface area (Å²) < 4.78 is 12.0. The van der Waals surface area contributed by atoms with Gasteiger partial charge in [0.25, 0.3) is 0 Å². The zero-order valence-corrected chi connectivity index (χ0v) is 13.0. The van der Waals surface area contributed by atoms with Crippen LogP contribution < -0.4 is 21.7 Å². The Balaban J connectivity index is 0.00000200. The molecule has 2 aromatic heterocycles. The lowest BCUT2D eigenvalue weighted by Gasteiger charge is -1.98. The summed E-state index contributed by atoms with van der Waals surface area (Å²) in [6.07, 6.45) is 5.41. The lowest BCUT2D eigenvalue weighted by atomic mass is 10.3. The van der Waals surface area contributed by atoms with E-state index >= 15 is 0 Å². The molecule has 0 aliphatic carbocycles. The Hall–Kier alpha value is -1.76. The van der Waals surface area contributed by atoms with Crippen LogP contribution in [0.3, 0.4) is 0 Å². The predicted octanol–water partition coefficient (Wildman–Crippen LogP) is -1.71. The molecule has 0 N–H and O–H groups in total. The number of halogens is 1. The second kappa shape index (κ2) is 7.74. The summed E-state index contributed by atoms with van der Waals surface area (Å²) in [6, 6.07) is 1.81.